The van der Waals surface area contributed by atoms with Gasteiger partial charge in [0.25, 0.3) is 5.56 Å². The Balaban J connectivity index is 1.99. The van der Waals surface area contributed by atoms with Crippen LogP contribution in [-0.4, -0.2) is 24.1 Å². The van der Waals surface area contributed by atoms with Crippen molar-refractivity contribution in [2.45, 2.75) is 32.7 Å². The summed E-state index contributed by atoms with van der Waals surface area (Å²) in [6.45, 7) is 4.70. The summed E-state index contributed by atoms with van der Waals surface area (Å²) >= 11 is 0. The second-order valence-corrected chi connectivity index (χ2v) is 5.69. The van der Waals surface area contributed by atoms with Gasteiger partial charge in [-0.2, -0.15) is 0 Å². The van der Waals surface area contributed by atoms with Crippen LogP contribution in [0.25, 0.3) is 0 Å². The van der Waals surface area contributed by atoms with Crippen molar-refractivity contribution >= 4 is 5.91 Å². The van der Waals surface area contributed by atoms with Gasteiger partial charge in [0, 0.05) is 24.8 Å². The van der Waals surface area contributed by atoms with Gasteiger partial charge in [-0.25, -0.2) is 0 Å². The molecule has 5 heteroatoms. The van der Waals surface area contributed by atoms with Crippen molar-refractivity contribution in [1.82, 2.24) is 9.88 Å². The van der Waals surface area contributed by atoms with Crippen molar-refractivity contribution in [3.05, 3.63) is 64.1 Å². The number of nitrogens with one attached hydrogen (secondary N) is 1. The van der Waals surface area contributed by atoms with Crippen LogP contribution in [0.3, 0.4) is 0 Å². The number of aromatic nitrogens is 1. The molecule has 0 bridgehead atoms. The van der Waals surface area contributed by atoms with E-state index in [2.05, 4.69) is 5.32 Å². The first-order valence-corrected chi connectivity index (χ1v) is 8.15. The first kappa shape index (κ1) is 17.8. The summed E-state index contributed by atoms with van der Waals surface area (Å²) in [5, 5.41) is 2.93. The van der Waals surface area contributed by atoms with E-state index < -0.39 is 0 Å². The number of carbonyl (C=O) groups is 1. The van der Waals surface area contributed by atoms with Crippen molar-refractivity contribution in [3.63, 3.8) is 0 Å². The average Bonchev–Trinajstić information content (AvgIpc) is 2.58. The molecule has 0 saturated carbocycles. The van der Waals surface area contributed by atoms with Crippen molar-refractivity contribution in [3.8, 4) is 5.75 Å². The summed E-state index contributed by atoms with van der Waals surface area (Å²) in [7, 11) is 1.53. The minimum Gasteiger partial charge on any atom is -0.496 e. The molecule has 1 N–H and O–H groups in total. The lowest BCUT2D eigenvalue weighted by atomic mass is 9.96. The van der Waals surface area contributed by atoms with E-state index in [1.54, 1.807) is 4.57 Å². The third-order valence-corrected chi connectivity index (χ3v) is 4.11. The SMILES string of the molecule is CCC(C(=O)NCCn1c(C)cc(OC)cc1=O)c1ccccc1. The molecule has 2 aromatic rings. The highest BCUT2D eigenvalue weighted by atomic mass is 16.5. The lowest BCUT2D eigenvalue weighted by Crippen LogP contribution is -2.34. The number of carbonyl (C=O) groups excluding carboxylic acids is 1. The molecule has 1 aromatic carbocycles. The molecule has 0 aliphatic carbocycles. The number of rotatable bonds is 7. The second-order valence-electron chi connectivity index (χ2n) is 5.69. The second kappa shape index (κ2) is 8.34. The maximum absolute atomic E-state index is 12.4. The molecule has 0 fully saturated rings. The van der Waals surface area contributed by atoms with Crippen LogP contribution < -0.4 is 15.6 Å². The van der Waals surface area contributed by atoms with Crippen molar-refractivity contribution < 1.29 is 9.53 Å². The Hall–Kier alpha value is -2.56. The van der Waals surface area contributed by atoms with Crippen LogP contribution in [0.2, 0.25) is 0 Å². The number of benzene rings is 1. The van der Waals surface area contributed by atoms with Crippen molar-refractivity contribution in [2.24, 2.45) is 0 Å². The van der Waals surface area contributed by atoms with Crippen LogP contribution in [0.5, 0.6) is 5.75 Å². The number of ether oxygens (including phenoxy) is 1. The van der Waals surface area contributed by atoms with E-state index in [4.69, 9.17) is 4.74 Å². The third-order valence-electron chi connectivity index (χ3n) is 4.11. The van der Waals surface area contributed by atoms with E-state index in [0.717, 1.165) is 17.7 Å². The number of aryl methyl sites for hydroxylation is 1. The molecule has 1 atom stereocenters. The molecular formula is C19H24N2O3. The van der Waals surface area contributed by atoms with Crippen LogP contribution in [0.1, 0.15) is 30.5 Å². The largest absolute Gasteiger partial charge is 0.496 e. The summed E-state index contributed by atoms with van der Waals surface area (Å²) in [5.74, 6) is 0.371. The highest BCUT2D eigenvalue weighted by Gasteiger charge is 2.17. The normalized spacial score (nSPS) is 11.8. The molecule has 24 heavy (non-hydrogen) atoms. The van der Waals surface area contributed by atoms with Crippen LogP contribution in [0.4, 0.5) is 0 Å². The van der Waals surface area contributed by atoms with Gasteiger partial charge in [0.2, 0.25) is 5.91 Å². The fourth-order valence-electron chi connectivity index (χ4n) is 2.78. The van der Waals surface area contributed by atoms with Gasteiger partial charge in [-0.1, -0.05) is 37.3 Å². The standard InChI is InChI=1S/C19H24N2O3/c1-4-17(15-8-6-5-7-9-15)19(23)20-10-11-21-14(2)12-16(24-3)13-18(21)22/h5-9,12-13,17H,4,10-11H2,1-3H3,(H,20,23). The highest BCUT2D eigenvalue weighted by molar-refractivity contribution is 5.83. The summed E-state index contributed by atoms with van der Waals surface area (Å²) in [6, 6.07) is 13.0. The number of hydrogen-bond donors (Lipinski definition) is 1. The van der Waals surface area contributed by atoms with E-state index in [0.29, 0.717) is 18.8 Å². The number of nitrogens with zero attached hydrogens (tertiary/aromatic N) is 1. The zero-order chi connectivity index (χ0) is 17.5. The molecule has 1 aromatic heterocycles. The maximum Gasteiger partial charge on any atom is 0.254 e. The van der Waals surface area contributed by atoms with Crippen LogP contribution in [0, 0.1) is 6.92 Å². The predicted molar refractivity (Wildman–Crippen MR) is 94.5 cm³/mol. The van der Waals surface area contributed by atoms with Gasteiger partial charge in [0.1, 0.15) is 5.75 Å². The molecular weight excluding hydrogens is 304 g/mol. The number of pyridine rings is 1. The van der Waals surface area contributed by atoms with E-state index >= 15 is 0 Å². The Morgan fingerprint density at radius 3 is 2.54 bits per heavy atom. The van der Waals surface area contributed by atoms with Crippen molar-refractivity contribution in [1.29, 1.82) is 0 Å². The molecule has 1 heterocycles. The lowest BCUT2D eigenvalue weighted by Gasteiger charge is -2.16. The minimum absolute atomic E-state index is 0.0112. The Kier molecular flexibility index (Phi) is 6.18. The fourth-order valence-corrected chi connectivity index (χ4v) is 2.78. The molecule has 0 radical (unpaired) electrons. The summed E-state index contributed by atoms with van der Waals surface area (Å²) < 4.78 is 6.72. The molecule has 128 valence electrons. The molecule has 0 spiro atoms. The maximum atomic E-state index is 12.4. The number of methoxy groups -OCH3 is 1. The Labute approximate surface area is 142 Å². The molecule has 0 aliphatic rings. The molecule has 2 rings (SSSR count). The van der Waals surface area contributed by atoms with Gasteiger partial charge < -0.3 is 14.6 Å². The van der Waals surface area contributed by atoms with Crippen LogP contribution in [-0.2, 0) is 11.3 Å². The third kappa shape index (κ3) is 4.25. The van der Waals surface area contributed by atoms with Gasteiger partial charge in [-0.3, -0.25) is 9.59 Å². The Morgan fingerprint density at radius 2 is 1.96 bits per heavy atom. The zero-order valence-electron chi connectivity index (χ0n) is 14.4. The van der Waals surface area contributed by atoms with E-state index in [1.807, 2.05) is 50.2 Å². The molecule has 0 aliphatic heterocycles. The summed E-state index contributed by atoms with van der Waals surface area (Å²) in [4.78, 5) is 24.5. The predicted octanol–water partition coefficient (Wildman–Crippen LogP) is 2.48. The molecule has 0 saturated heterocycles. The van der Waals surface area contributed by atoms with E-state index in [9.17, 15) is 9.59 Å². The first-order chi connectivity index (χ1) is 11.6. The number of amides is 1. The van der Waals surface area contributed by atoms with Crippen molar-refractivity contribution in [2.75, 3.05) is 13.7 Å². The van der Waals surface area contributed by atoms with Gasteiger partial charge in [-0.15, -0.1) is 0 Å². The molecule has 1 unspecified atom stereocenters. The summed E-state index contributed by atoms with van der Waals surface area (Å²) in [6.07, 6.45) is 0.733. The lowest BCUT2D eigenvalue weighted by molar-refractivity contribution is -0.122. The average molecular weight is 328 g/mol. The van der Waals surface area contributed by atoms with Gasteiger partial charge in [0.05, 0.1) is 13.0 Å². The van der Waals surface area contributed by atoms with Crippen LogP contribution >= 0.6 is 0 Å². The van der Waals surface area contributed by atoms with Crippen LogP contribution in [0.15, 0.2) is 47.3 Å². The van der Waals surface area contributed by atoms with E-state index in [1.165, 1.54) is 13.2 Å². The van der Waals surface area contributed by atoms with E-state index in [-0.39, 0.29) is 17.4 Å². The topological polar surface area (TPSA) is 60.3 Å². The fraction of sp³-hybridized carbons (Fsp3) is 0.368. The quantitative estimate of drug-likeness (QED) is 0.849. The highest BCUT2D eigenvalue weighted by Crippen LogP contribution is 2.19. The van der Waals surface area contributed by atoms with Gasteiger partial charge >= 0.3 is 0 Å². The monoisotopic (exact) mass is 328 g/mol. The first-order valence-electron chi connectivity index (χ1n) is 8.15. The van der Waals surface area contributed by atoms with Gasteiger partial charge in [0.15, 0.2) is 0 Å². The Morgan fingerprint density at radius 1 is 1.25 bits per heavy atom. The molecule has 1 amide bonds. The Bertz CT molecular complexity index is 738. The zero-order valence-corrected chi connectivity index (χ0v) is 14.4. The summed E-state index contributed by atoms with van der Waals surface area (Å²) in [5.41, 5.74) is 1.69. The smallest absolute Gasteiger partial charge is 0.254 e. The number of hydrogen-bond acceptors (Lipinski definition) is 3. The minimum atomic E-state index is -0.167. The molecule has 5 nitrogen and oxygen atoms in total. The van der Waals surface area contributed by atoms with Gasteiger partial charge in [-0.05, 0) is 25.0 Å².